The van der Waals surface area contributed by atoms with Gasteiger partial charge in [-0.15, -0.1) is 0 Å². The van der Waals surface area contributed by atoms with Gasteiger partial charge in [0.1, 0.15) is 13.3 Å². The lowest BCUT2D eigenvalue weighted by Crippen LogP contribution is -2.54. The second-order valence-corrected chi connectivity index (χ2v) is 8.77. The van der Waals surface area contributed by atoms with Crippen molar-refractivity contribution in [1.29, 1.82) is 0 Å². The van der Waals surface area contributed by atoms with E-state index in [2.05, 4.69) is 25.6 Å². The molecule has 2 fully saturated rings. The number of carbonyl (C=O) groups is 1. The molecule has 0 radical (unpaired) electrons. The molecule has 0 spiro atoms. The summed E-state index contributed by atoms with van der Waals surface area (Å²) in [6.07, 6.45) is 6.46. The van der Waals surface area contributed by atoms with Crippen LogP contribution in [0.15, 0.2) is 35.0 Å². The number of alkyl halides is 2. The van der Waals surface area contributed by atoms with Crippen molar-refractivity contribution in [2.24, 2.45) is 0 Å². The van der Waals surface area contributed by atoms with Gasteiger partial charge in [0.2, 0.25) is 5.95 Å². The fourth-order valence-corrected chi connectivity index (χ4v) is 5.00. The second-order valence-electron chi connectivity index (χ2n) is 8.77. The number of anilines is 1. The fraction of sp³-hybridized carbons (Fsp3) is 0.478. The Morgan fingerprint density at radius 3 is 2.61 bits per heavy atom. The van der Waals surface area contributed by atoms with Crippen LogP contribution in [-0.2, 0) is 0 Å². The zero-order valence-electron chi connectivity index (χ0n) is 18.3. The average molecular weight is 456 g/mol. The molecule has 2 aromatic heterocycles. The van der Waals surface area contributed by atoms with E-state index in [1.807, 2.05) is 23.1 Å². The minimum atomic E-state index is -0.772. The highest BCUT2D eigenvalue weighted by atomic mass is 19.1. The number of rotatable bonds is 6. The summed E-state index contributed by atoms with van der Waals surface area (Å²) in [5, 5.41) is 6.74. The lowest BCUT2D eigenvalue weighted by atomic mass is 9.97. The predicted molar refractivity (Wildman–Crippen MR) is 119 cm³/mol. The molecule has 2 amide bonds. The summed E-state index contributed by atoms with van der Waals surface area (Å²) < 4.78 is 31.4. The van der Waals surface area contributed by atoms with E-state index in [9.17, 15) is 13.6 Å². The summed E-state index contributed by atoms with van der Waals surface area (Å²) in [5.74, 6) is 1.46. The van der Waals surface area contributed by atoms with Crippen LogP contribution >= 0.6 is 0 Å². The van der Waals surface area contributed by atoms with E-state index < -0.39 is 19.4 Å². The quantitative estimate of drug-likeness (QED) is 0.582. The lowest BCUT2D eigenvalue weighted by Gasteiger charge is -2.39. The number of oxazole rings is 1. The Kier molecular flexibility index (Phi) is 5.92. The highest BCUT2D eigenvalue weighted by Gasteiger charge is 2.43. The number of nitrogens with zero attached hydrogens (tertiary/aromatic N) is 4. The Morgan fingerprint density at radius 1 is 1.18 bits per heavy atom. The molecule has 2 aliphatic rings. The number of amides is 2. The number of aryl methyl sites for hydroxylation is 1. The van der Waals surface area contributed by atoms with Crippen molar-refractivity contribution in [1.82, 2.24) is 25.2 Å². The molecule has 174 valence electrons. The molecule has 0 saturated carbocycles. The number of benzene rings is 1. The molecule has 8 nitrogen and oxygen atoms in total. The molecule has 10 heteroatoms. The summed E-state index contributed by atoms with van der Waals surface area (Å²) >= 11 is 0. The van der Waals surface area contributed by atoms with E-state index in [4.69, 9.17) is 4.42 Å². The number of aromatic nitrogens is 3. The van der Waals surface area contributed by atoms with Crippen molar-refractivity contribution in [3.8, 4) is 11.3 Å². The number of hydrogen-bond acceptors (Lipinski definition) is 6. The molecule has 0 aliphatic carbocycles. The Bertz CT molecular complexity index is 1140. The molecule has 2 saturated heterocycles. The number of halogens is 2. The molecule has 3 atom stereocenters. The Labute approximate surface area is 189 Å². The van der Waals surface area contributed by atoms with E-state index >= 15 is 0 Å². The largest absolute Gasteiger partial charge is 0.441 e. The van der Waals surface area contributed by atoms with Crippen LogP contribution in [0.5, 0.6) is 0 Å². The molecule has 33 heavy (non-hydrogen) atoms. The zero-order chi connectivity index (χ0) is 22.9. The first-order valence-corrected chi connectivity index (χ1v) is 11.2. The topological polar surface area (TPSA) is 96.2 Å². The number of carbonyl (C=O) groups excluding carboxylic acids is 1. The van der Waals surface area contributed by atoms with Crippen molar-refractivity contribution in [2.45, 2.75) is 56.8 Å². The summed E-state index contributed by atoms with van der Waals surface area (Å²) in [4.78, 5) is 27.9. The van der Waals surface area contributed by atoms with Crippen molar-refractivity contribution < 1.29 is 18.0 Å². The number of urea groups is 1. The van der Waals surface area contributed by atoms with E-state index in [0.717, 1.165) is 23.8 Å². The van der Waals surface area contributed by atoms with Crippen LogP contribution in [0, 0.1) is 6.92 Å². The molecule has 2 aliphatic heterocycles. The third kappa shape index (κ3) is 4.39. The normalized spacial score (nSPS) is 22.3. The number of nitrogens with one attached hydrogen (secondary N) is 2. The molecule has 1 aromatic carbocycles. The van der Waals surface area contributed by atoms with Gasteiger partial charge >= 0.3 is 6.03 Å². The SMILES string of the molecule is Cc1ncc(-c2ccc3cnc(NC(=O)N4[C@@H]5CC[C@H]4C[C@@H](NC(CF)CF)C5)nc3c2)o1. The Balaban J connectivity index is 1.29. The van der Waals surface area contributed by atoms with Gasteiger partial charge in [-0.1, -0.05) is 12.1 Å². The van der Waals surface area contributed by atoms with E-state index in [-0.39, 0.29) is 30.1 Å². The molecule has 3 aromatic rings. The van der Waals surface area contributed by atoms with Crippen molar-refractivity contribution in [3.05, 3.63) is 36.5 Å². The standard InChI is InChI=1S/C23H26F2N6O2/c1-13-26-12-21(33-13)14-2-3-15-11-27-22(29-20(15)6-14)30-23(32)31-18-4-5-19(31)8-16(7-18)28-17(9-24)10-25/h2-3,6,11-12,16-19,28H,4-5,7-10H2,1H3,(H,27,29,30,32)/t16-,18+,19-. The maximum Gasteiger partial charge on any atom is 0.324 e. The second kappa shape index (κ2) is 9.01. The van der Waals surface area contributed by atoms with E-state index in [1.54, 1.807) is 19.3 Å². The van der Waals surface area contributed by atoms with Gasteiger partial charge in [-0.25, -0.2) is 28.5 Å². The molecule has 2 bridgehead atoms. The van der Waals surface area contributed by atoms with Crippen molar-refractivity contribution >= 4 is 22.9 Å². The number of piperidine rings is 1. The smallest absolute Gasteiger partial charge is 0.324 e. The monoisotopic (exact) mass is 456 g/mol. The molecule has 5 rings (SSSR count). The Hall–Kier alpha value is -3.14. The zero-order valence-corrected chi connectivity index (χ0v) is 18.3. The third-order valence-electron chi connectivity index (χ3n) is 6.52. The molecular formula is C23H26F2N6O2. The average Bonchev–Trinajstić information content (AvgIpc) is 3.37. The molecular weight excluding hydrogens is 430 g/mol. The van der Waals surface area contributed by atoms with E-state index in [0.29, 0.717) is 30.0 Å². The van der Waals surface area contributed by atoms with Gasteiger partial charge in [-0.3, -0.25) is 5.32 Å². The maximum absolute atomic E-state index is 13.1. The Morgan fingerprint density at radius 2 is 1.94 bits per heavy atom. The minimum Gasteiger partial charge on any atom is -0.441 e. The van der Waals surface area contributed by atoms with Crippen molar-refractivity contribution in [3.63, 3.8) is 0 Å². The van der Waals surface area contributed by atoms with Crippen molar-refractivity contribution in [2.75, 3.05) is 18.7 Å². The summed E-state index contributed by atoms with van der Waals surface area (Å²) in [5.41, 5.74) is 1.52. The number of fused-ring (bicyclic) bond motifs is 3. The van der Waals surface area contributed by atoms with Crippen LogP contribution in [0.25, 0.3) is 22.2 Å². The molecule has 0 unspecified atom stereocenters. The minimum absolute atomic E-state index is 0.0121. The van der Waals surface area contributed by atoms with Gasteiger partial charge in [-0.2, -0.15) is 0 Å². The van der Waals surface area contributed by atoms with Crippen LogP contribution < -0.4 is 10.6 Å². The predicted octanol–water partition coefficient (Wildman–Crippen LogP) is 4.02. The van der Waals surface area contributed by atoms with Gasteiger partial charge in [0.05, 0.1) is 17.8 Å². The maximum atomic E-state index is 13.1. The van der Waals surface area contributed by atoms with Crippen LogP contribution in [0.3, 0.4) is 0 Å². The van der Waals surface area contributed by atoms with Gasteiger partial charge in [0.25, 0.3) is 0 Å². The van der Waals surface area contributed by atoms with E-state index in [1.165, 1.54) is 0 Å². The first-order valence-electron chi connectivity index (χ1n) is 11.2. The lowest BCUT2D eigenvalue weighted by molar-refractivity contribution is 0.133. The highest BCUT2D eigenvalue weighted by Crippen LogP contribution is 2.36. The van der Waals surface area contributed by atoms with Crippen LogP contribution in [0.4, 0.5) is 19.5 Å². The fourth-order valence-electron chi connectivity index (χ4n) is 5.00. The van der Waals surface area contributed by atoms with Gasteiger partial charge in [0, 0.05) is 42.2 Å². The highest BCUT2D eigenvalue weighted by molar-refractivity contribution is 5.90. The molecule has 2 N–H and O–H groups in total. The third-order valence-corrected chi connectivity index (χ3v) is 6.52. The first kappa shape index (κ1) is 21.7. The van der Waals surface area contributed by atoms with Crippen LogP contribution in [-0.4, -0.2) is 63.4 Å². The van der Waals surface area contributed by atoms with Crippen LogP contribution in [0.2, 0.25) is 0 Å². The molecule has 4 heterocycles. The summed E-state index contributed by atoms with van der Waals surface area (Å²) in [6.45, 7) is 0.319. The summed E-state index contributed by atoms with van der Waals surface area (Å²) in [6, 6.07) is 4.74. The van der Waals surface area contributed by atoms with Gasteiger partial charge in [0.15, 0.2) is 11.7 Å². The van der Waals surface area contributed by atoms with Gasteiger partial charge in [-0.05, 0) is 31.7 Å². The number of hydrogen-bond donors (Lipinski definition) is 2. The van der Waals surface area contributed by atoms with Crippen LogP contribution in [0.1, 0.15) is 31.6 Å². The first-order chi connectivity index (χ1) is 16.0. The summed E-state index contributed by atoms with van der Waals surface area (Å²) in [7, 11) is 0. The van der Waals surface area contributed by atoms with Gasteiger partial charge < -0.3 is 14.6 Å².